The fourth-order valence-corrected chi connectivity index (χ4v) is 4.05. The van der Waals surface area contributed by atoms with Gasteiger partial charge in [-0.3, -0.25) is 4.99 Å². The van der Waals surface area contributed by atoms with Gasteiger partial charge in [0.25, 0.3) is 0 Å². The number of hydrogen-bond acceptors (Lipinski definition) is 5. The maximum Gasteiger partial charge on any atom is 0.193 e. The molecule has 1 N–H and O–H groups in total. The minimum Gasteiger partial charge on any atom is -0.496 e. The molecule has 0 bridgehead atoms. The van der Waals surface area contributed by atoms with Gasteiger partial charge in [0.05, 0.1) is 33.7 Å². The first-order chi connectivity index (χ1) is 14.6. The van der Waals surface area contributed by atoms with E-state index in [1.807, 2.05) is 37.9 Å². The molecule has 0 spiro atoms. The average molecular weight is 543 g/mol. The molecule has 0 saturated carbocycles. The summed E-state index contributed by atoms with van der Waals surface area (Å²) >= 11 is 0. The molecule has 3 rings (SSSR count). The number of hydrogen-bond donors (Lipinski definition) is 1. The number of likely N-dealkylation sites (tertiary alicyclic amines) is 1. The minimum atomic E-state index is 0. The molecule has 1 aliphatic heterocycles. The molecule has 31 heavy (non-hydrogen) atoms. The quantitative estimate of drug-likeness (QED) is 0.329. The van der Waals surface area contributed by atoms with Gasteiger partial charge in [0.2, 0.25) is 0 Å². The second-order valence-corrected chi connectivity index (χ2v) is 7.52. The first-order valence-corrected chi connectivity index (χ1v) is 10.3. The molecule has 1 aromatic heterocycles. The summed E-state index contributed by atoms with van der Waals surface area (Å²) < 4.78 is 18.7. The Labute approximate surface area is 202 Å². The zero-order valence-corrected chi connectivity index (χ0v) is 21.3. The van der Waals surface area contributed by atoms with E-state index in [9.17, 15) is 0 Å². The Balaban J connectivity index is 0.00000341. The highest BCUT2D eigenvalue weighted by Gasteiger charge is 2.28. The summed E-state index contributed by atoms with van der Waals surface area (Å²) in [5, 5.41) is 3.51. The third kappa shape index (κ3) is 5.96. The number of ether oxygens (including phenoxy) is 3. The highest BCUT2D eigenvalue weighted by molar-refractivity contribution is 14.0. The molecule has 1 saturated heterocycles. The SMILES string of the molecule is CN=C(NCCc1c(OC)cc(OC)cc1OC)N1CCC(C)C(n2ccnc2)C1.I. The van der Waals surface area contributed by atoms with Crippen molar-refractivity contribution in [1.82, 2.24) is 19.8 Å². The number of aromatic nitrogens is 2. The largest absolute Gasteiger partial charge is 0.496 e. The number of methoxy groups -OCH3 is 3. The smallest absolute Gasteiger partial charge is 0.193 e. The topological polar surface area (TPSA) is 73.1 Å². The van der Waals surface area contributed by atoms with Crippen molar-refractivity contribution in [3.8, 4) is 17.2 Å². The fraction of sp³-hybridized carbons (Fsp3) is 0.545. The van der Waals surface area contributed by atoms with Gasteiger partial charge in [0, 0.05) is 56.8 Å². The van der Waals surface area contributed by atoms with Crippen LogP contribution in [0.15, 0.2) is 35.8 Å². The molecule has 2 heterocycles. The van der Waals surface area contributed by atoms with Crippen molar-refractivity contribution in [2.45, 2.75) is 25.8 Å². The Kier molecular flexibility index (Phi) is 9.73. The molecule has 1 fully saturated rings. The number of guanidine groups is 1. The Hall–Kier alpha value is -2.17. The van der Waals surface area contributed by atoms with Crippen molar-refractivity contribution in [2.75, 3.05) is 48.0 Å². The van der Waals surface area contributed by atoms with Crippen molar-refractivity contribution in [3.05, 3.63) is 36.4 Å². The summed E-state index contributed by atoms with van der Waals surface area (Å²) in [6, 6.07) is 4.16. The van der Waals surface area contributed by atoms with Crippen LogP contribution in [0.5, 0.6) is 17.2 Å². The Morgan fingerprint density at radius 2 is 1.90 bits per heavy atom. The average Bonchev–Trinajstić information content (AvgIpc) is 3.31. The molecule has 2 aromatic rings. The number of rotatable bonds is 7. The van der Waals surface area contributed by atoms with Crippen LogP contribution in [0.2, 0.25) is 0 Å². The van der Waals surface area contributed by atoms with Gasteiger partial charge in [-0.15, -0.1) is 24.0 Å². The highest BCUT2D eigenvalue weighted by Crippen LogP contribution is 2.34. The number of halogens is 1. The number of nitrogens with zero attached hydrogens (tertiary/aromatic N) is 4. The van der Waals surface area contributed by atoms with Gasteiger partial charge in [0.1, 0.15) is 17.2 Å². The van der Waals surface area contributed by atoms with Gasteiger partial charge < -0.3 is 29.0 Å². The van der Waals surface area contributed by atoms with E-state index in [1.165, 1.54) is 0 Å². The molecule has 2 unspecified atom stereocenters. The number of aliphatic imine (C=N–C) groups is 1. The first kappa shape index (κ1) is 25.1. The summed E-state index contributed by atoms with van der Waals surface area (Å²) in [7, 11) is 6.79. The molecule has 1 aromatic carbocycles. The summed E-state index contributed by atoms with van der Waals surface area (Å²) in [4.78, 5) is 11.1. The maximum absolute atomic E-state index is 5.56. The molecule has 0 radical (unpaired) electrons. The summed E-state index contributed by atoms with van der Waals surface area (Å²) in [5.41, 5.74) is 1.01. The molecule has 0 aliphatic carbocycles. The predicted octanol–water partition coefficient (Wildman–Crippen LogP) is 3.23. The zero-order chi connectivity index (χ0) is 21.5. The van der Waals surface area contributed by atoms with Crippen molar-refractivity contribution in [2.24, 2.45) is 10.9 Å². The molecular formula is C22H34IN5O3. The second-order valence-electron chi connectivity index (χ2n) is 7.52. The molecule has 2 atom stereocenters. The zero-order valence-electron chi connectivity index (χ0n) is 19.0. The summed E-state index contributed by atoms with van der Waals surface area (Å²) in [5.74, 6) is 3.74. The standard InChI is InChI=1S/C22H33N5O3.HI/c1-16-7-10-26(14-19(16)27-11-9-24-15-27)22(23-2)25-8-6-18-20(29-4)12-17(28-3)13-21(18)30-5;/h9,11-13,15-16,19H,6-8,10,14H2,1-5H3,(H,23,25);1H. The second kappa shape index (κ2) is 12.0. The minimum absolute atomic E-state index is 0. The van der Waals surface area contributed by atoms with Gasteiger partial charge >= 0.3 is 0 Å². The normalized spacial score (nSPS) is 18.9. The van der Waals surface area contributed by atoms with Crippen LogP contribution in [0, 0.1) is 5.92 Å². The molecule has 8 nitrogen and oxygen atoms in total. The molecule has 9 heteroatoms. The highest BCUT2D eigenvalue weighted by atomic mass is 127. The van der Waals surface area contributed by atoms with Crippen molar-refractivity contribution < 1.29 is 14.2 Å². The van der Waals surface area contributed by atoms with E-state index >= 15 is 0 Å². The van der Waals surface area contributed by atoms with Crippen molar-refractivity contribution in [3.63, 3.8) is 0 Å². The third-order valence-electron chi connectivity index (χ3n) is 5.81. The van der Waals surface area contributed by atoms with Crippen LogP contribution in [-0.2, 0) is 6.42 Å². The summed E-state index contributed by atoms with van der Waals surface area (Å²) in [6.07, 6.45) is 7.65. The van der Waals surface area contributed by atoms with E-state index in [2.05, 4.69) is 31.7 Å². The number of imidazole rings is 1. The van der Waals surface area contributed by atoms with Crippen LogP contribution in [-0.4, -0.2) is 68.4 Å². The molecule has 172 valence electrons. The van der Waals surface area contributed by atoms with E-state index in [0.717, 1.165) is 49.0 Å². The van der Waals surface area contributed by atoms with E-state index < -0.39 is 0 Å². The number of nitrogens with one attached hydrogen (secondary N) is 1. The van der Waals surface area contributed by atoms with E-state index in [1.54, 1.807) is 21.3 Å². The van der Waals surface area contributed by atoms with Crippen molar-refractivity contribution >= 4 is 29.9 Å². The lowest BCUT2D eigenvalue weighted by molar-refractivity contribution is 0.189. The van der Waals surface area contributed by atoms with Gasteiger partial charge in [-0.2, -0.15) is 0 Å². The van der Waals surface area contributed by atoms with E-state index in [0.29, 0.717) is 24.3 Å². The van der Waals surface area contributed by atoms with Gasteiger partial charge in [-0.05, 0) is 18.8 Å². The maximum atomic E-state index is 5.56. The van der Waals surface area contributed by atoms with Crippen LogP contribution >= 0.6 is 24.0 Å². The Bertz CT molecular complexity index is 819. The lowest BCUT2D eigenvalue weighted by atomic mass is 9.93. The Morgan fingerprint density at radius 1 is 1.19 bits per heavy atom. The van der Waals surface area contributed by atoms with Crippen LogP contribution in [0.4, 0.5) is 0 Å². The van der Waals surface area contributed by atoms with Crippen molar-refractivity contribution in [1.29, 1.82) is 0 Å². The monoisotopic (exact) mass is 543 g/mol. The predicted molar refractivity (Wildman–Crippen MR) is 133 cm³/mol. The first-order valence-electron chi connectivity index (χ1n) is 10.3. The molecule has 1 aliphatic rings. The lowest BCUT2D eigenvalue weighted by Crippen LogP contribution is -2.49. The van der Waals surface area contributed by atoms with Crippen LogP contribution in [0.25, 0.3) is 0 Å². The summed E-state index contributed by atoms with van der Waals surface area (Å²) in [6.45, 7) is 4.92. The lowest BCUT2D eigenvalue weighted by Gasteiger charge is -2.39. The number of benzene rings is 1. The fourth-order valence-electron chi connectivity index (χ4n) is 4.05. The van der Waals surface area contributed by atoms with Crippen LogP contribution in [0.1, 0.15) is 24.9 Å². The van der Waals surface area contributed by atoms with Gasteiger partial charge in [-0.25, -0.2) is 4.98 Å². The Morgan fingerprint density at radius 3 is 2.45 bits per heavy atom. The number of piperidine rings is 1. The van der Waals surface area contributed by atoms with E-state index in [4.69, 9.17) is 14.2 Å². The molecular weight excluding hydrogens is 509 g/mol. The third-order valence-corrected chi connectivity index (χ3v) is 5.81. The molecule has 0 amide bonds. The van der Waals surface area contributed by atoms with Gasteiger partial charge in [-0.1, -0.05) is 6.92 Å². The van der Waals surface area contributed by atoms with E-state index in [-0.39, 0.29) is 24.0 Å². The van der Waals surface area contributed by atoms with Gasteiger partial charge in [0.15, 0.2) is 5.96 Å². The van der Waals surface area contributed by atoms with Crippen LogP contribution < -0.4 is 19.5 Å². The van der Waals surface area contributed by atoms with Crippen LogP contribution in [0.3, 0.4) is 0 Å².